The SMILES string of the molecule is CCN1CCCCC1C(=O)NCC(CO)Cc1ccccn1. The molecule has 1 fully saturated rings. The molecule has 1 aromatic rings. The van der Waals surface area contributed by atoms with Gasteiger partial charge in [-0.15, -0.1) is 0 Å². The van der Waals surface area contributed by atoms with Crippen molar-refractivity contribution < 1.29 is 9.90 Å². The van der Waals surface area contributed by atoms with Crippen molar-refractivity contribution in [2.24, 2.45) is 5.92 Å². The highest BCUT2D eigenvalue weighted by molar-refractivity contribution is 5.81. The number of hydrogen-bond acceptors (Lipinski definition) is 4. The number of hydrogen-bond donors (Lipinski definition) is 2. The predicted molar refractivity (Wildman–Crippen MR) is 86.4 cm³/mol. The maximum Gasteiger partial charge on any atom is 0.237 e. The van der Waals surface area contributed by atoms with E-state index in [0.717, 1.165) is 31.6 Å². The third-order valence-corrected chi connectivity index (χ3v) is 4.37. The van der Waals surface area contributed by atoms with Gasteiger partial charge in [-0.3, -0.25) is 14.7 Å². The van der Waals surface area contributed by atoms with E-state index in [-0.39, 0.29) is 24.5 Å². The molecule has 2 heterocycles. The molecule has 1 aliphatic heterocycles. The number of aliphatic hydroxyl groups is 1. The number of nitrogens with one attached hydrogen (secondary N) is 1. The normalized spacial score (nSPS) is 20.5. The average Bonchev–Trinajstić information content (AvgIpc) is 2.59. The number of nitrogens with zero attached hydrogens (tertiary/aromatic N) is 2. The van der Waals surface area contributed by atoms with E-state index in [1.54, 1.807) is 6.20 Å². The van der Waals surface area contributed by atoms with Crippen LogP contribution in [-0.4, -0.2) is 53.2 Å². The van der Waals surface area contributed by atoms with E-state index < -0.39 is 0 Å². The van der Waals surface area contributed by atoms with Crippen LogP contribution in [0.15, 0.2) is 24.4 Å². The third kappa shape index (κ3) is 4.78. The van der Waals surface area contributed by atoms with Crippen LogP contribution in [0.1, 0.15) is 31.9 Å². The van der Waals surface area contributed by atoms with Gasteiger partial charge < -0.3 is 10.4 Å². The van der Waals surface area contributed by atoms with E-state index >= 15 is 0 Å². The molecule has 1 aromatic heterocycles. The Hall–Kier alpha value is -1.46. The molecule has 5 nitrogen and oxygen atoms in total. The van der Waals surface area contributed by atoms with Gasteiger partial charge in [0.05, 0.1) is 6.04 Å². The lowest BCUT2D eigenvalue weighted by molar-refractivity contribution is -0.127. The molecule has 0 bridgehead atoms. The number of piperidine rings is 1. The van der Waals surface area contributed by atoms with Crippen molar-refractivity contribution in [2.75, 3.05) is 26.2 Å². The van der Waals surface area contributed by atoms with Crippen LogP contribution in [0, 0.1) is 5.92 Å². The lowest BCUT2D eigenvalue weighted by atomic mass is 10.0. The molecule has 0 radical (unpaired) electrons. The van der Waals surface area contributed by atoms with Crippen LogP contribution in [0.5, 0.6) is 0 Å². The van der Waals surface area contributed by atoms with Gasteiger partial charge in [0.15, 0.2) is 0 Å². The highest BCUT2D eigenvalue weighted by atomic mass is 16.3. The predicted octanol–water partition coefficient (Wildman–Crippen LogP) is 1.22. The highest BCUT2D eigenvalue weighted by Crippen LogP contribution is 2.16. The topological polar surface area (TPSA) is 65.5 Å². The highest BCUT2D eigenvalue weighted by Gasteiger charge is 2.27. The minimum absolute atomic E-state index is 0.00653. The van der Waals surface area contributed by atoms with Gasteiger partial charge in [-0.25, -0.2) is 0 Å². The quantitative estimate of drug-likeness (QED) is 0.795. The molecule has 1 amide bonds. The first-order chi connectivity index (χ1) is 10.7. The monoisotopic (exact) mass is 305 g/mol. The van der Waals surface area contributed by atoms with Crippen molar-refractivity contribution >= 4 is 5.91 Å². The molecule has 0 spiro atoms. The molecule has 22 heavy (non-hydrogen) atoms. The standard InChI is InChI=1S/C17H27N3O2/c1-2-20-10-6-4-8-16(20)17(22)19-12-14(13-21)11-15-7-3-5-9-18-15/h3,5,7,9,14,16,21H,2,4,6,8,10-13H2,1H3,(H,19,22). The maximum absolute atomic E-state index is 12.4. The second kappa shape index (κ2) is 8.86. The summed E-state index contributed by atoms with van der Waals surface area (Å²) in [6.07, 6.45) is 5.66. The molecular weight excluding hydrogens is 278 g/mol. The zero-order valence-electron chi connectivity index (χ0n) is 13.4. The summed E-state index contributed by atoms with van der Waals surface area (Å²) in [4.78, 5) is 18.9. The fourth-order valence-corrected chi connectivity index (χ4v) is 3.05. The molecule has 0 saturated carbocycles. The van der Waals surface area contributed by atoms with E-state index in [0.29, 0.717) is 13.0 Å². The Morgan fingerprint density at radius 3 is 3.05 bits per heavy atom. The van der Waals surface area contributed by atoms with Crippen molar-refractivity contribution in [2.45, 2.75) is 38.6 Å². The molecular formula is C17H27N3O2. The van der Waals surface area contributed by atoms with Gasteiger partial charge in [0.2, 0.25) is 5.91 Å². The molecule has 2 atom stereocenters. The zero-order chi connectivity index (χ0) is 15.8. The van der Waals surface area contributed by atoms with Gasteiger partial charge in [-0.2, -0.15) is 0 Å². The molecule has 1 saturated heterocycles. The minimum atomic E-state index is -0.00653. The minimum Gasteiger partial charge on any atom is -0.396 e. The molecule has 122 valence electrons. The molecule has 2 N–H and O–H groups in total. The van der Waals surface area contributed by atoms with Crippen molar-refractivity contribution in [3.8, 4) is 0 Å². The Morgan fingerprint density at radius 1 is 1.50 bits per heavy atom. The fraction of sp³-hybridized carbons (Fsp3) is 0.647. The van der Waals surface area contributed by atoms with Gasteiger partial charge >= 0.3 is 0 Å². The first-order valence-corrected chi connectivity index (χ1v) is 8.27. The number of aromatic nitrogens is 1. The number of carbonyl (C=O) groups excluding carboxylic acids is 1. The Bertz CT molecular complexity index is 452. The summed E-state index contributed by atoms with van der Waals surface area (Å²) in [6, 6.07) is 5.76. The lowest BCUT2D eigenvalue weighted by Gasteiger charge is -2.34. The Labute approximate surface area is 132 Å². The summed E-state index contributed by atoms with van der Waals surface area (Å²) >= 11 is 0. The zero-order valence-corrected chi connectivity index (χ0v) is 13.4. The van der Waals surface area contributed by atoms with Crippen LogP contribution in [0.3, 0.4) is 0 Å². The number of carbonyl (C=O) groups is 1. The van der Waals surface area contributed by atoms with Crippen LogP contribution < -0.4 is 5.32 Å². The van der Waals surface area contributed by atoms with E-state index in [2.05, 4.69) is 22.1 Å². The van der Waals surface area contributed by atoms with Crippen LogP contribution in [0.4, 0.5) is 0 Å². The average molecular weight is 305 g/mol. The summed E-state index contributed by atoms with van der Waals surface area (Å²) in [5.74, 6) is 0.110. The van der Waals surface area contributed by atoms with Crippen molar-refractivity contribution in [3.63, 3.8) is 0 Å². The number of rotatable bonds is 7. The second-order valence-electron chi connectivity index (χ2n) is 5.96. The summed E-state index contributed by atoms with van der Waals surface area (Å²) in [5, 5.41) is 12.5. The summed E-state index contributed by atoms with van der Waals surface area (Å²) in [5.41, 5.74) is 0.948. The Kier molecular flexibility index (Phi) is 6.80. The van der Waals surface area contributed by atoms with Crippen molar-refractivity contribution in [1.82, 2.24) is 15.2 Å². The van der Waals surface area contributed by atoms with Gasteiger partial charge in [-0.1, -0.05) is 19.4 Å². The third-order valence-electron chi connectivity index (χ3n) is 4.37. The number of likely N-dealkylation sites (N-methyl/N-ethyl adjacent to an activating group) is 1. The number of likely N-dealkylation sites (tertiary alicyclic amines) is 1. The smallest absolute Gasteiger partial charge is 0.237 e. The summed E-state index contributed by atoms with van der Waals surface area (Å²) in [6.45, 7) is 4.57. The number of amides is 1. The second-order valence-corrected chi connectivity index (χ2v) is 5.96. The first kappa shape index (κ1) is 16.9. The van der Waals surface area contributed by atoms with E-state index in [4.69, 9.17) is 0 Å². The van der Waals surface area contributed by atoms with Crippen LogP contribution in [0.2, 0.25) is 0 Å². The van der Waals surface area contributed by atoms with Gasteiger partial charge in [0.25, 0.3) is 0 Å². The van der Waals surface area contributed by atoms with Crippen molar-refractivity contribution in [1.29, 1.82) is 0 Å². The van der Waals surface area contributed by atoms with Crippen LogP contribution >= 0.6 is 0 Å². The largest absolute Gasteiger partial charge is 0.396 e. The van der Waals surface area contributed by atoms with Gasteiger partial charge in [0.1, 0.15) is 0 Å². The number of pyridine rings is 1. The van der Waals surface area contributed by atoms with Crippen LogP contribution in [0.25, 0.3) is 0 Å². The first-order valence-electron chi connectivity index (χ1n) is 8.27. The van der Waals surface area contributed by atoms with E-state index in [9.17, 15) is 9.90 Å². The molecule has 5 heteroatoms. The molecule has 2 rings (SSSR count). The van der Waals surface area contributed by atoms with Crippen LogP contribution in [-0.2, 0) is 11.2 Å². The van der Waals surface area contributed by atoms with E-state index in [1.165, 1.54) is 6.42 Å². The molecule has 0 aromatic carbocycles. The van der Waals surface area contributed by atoms with Gasteiger partial charge in [0, 0.05) is 31.0 Å². The molecule has 0 aliphatic carbocycles. The van der Waals surface area contributed by atoms with E-state index in [1.807, 2.05) is 18.2 Å². The summed E-state index contributed by atoms with van der Waals surface area (Å²) < 4.78 is 0. The molecule has 1 aliphatic rings. The maximum atomic E-state index is 12.4. The lowest BCUT2D eigenvalue weighted by Crippen LogP contribution is -2.50. The Morgan fingerprint density at radius 2 is 2.36 bits per heavy atom. The summed E-state index contributed by atoms with van der Waals surface area (Å²) in [7, 11) is 0. The fourth-order valence-electron chi connectivity index (χ4n) is 3.05. The number of aliphatic hydroxyl groups excluding tert-OH is 1. The Balaban J connectivity index is 1.83. The van der Waals surface area contributed by atoms with Gasteiger partial charge in [-0.05, 0) is 44.5 Å². The van der Waals surface area contributed by atoms with Crippen molar-refractivity contribution in [3.05, 3.63) is 30.1 Å². The molecule has 2 unspecified atom stereocenters.